The molecule has 0 aliphatic carbocycles. The van der Waals surface area contributed by atoms with E-state index in [4.69, 9.17) is 4.74 Å². The fourth-order valence-electron chi connectivity index (χ4n) is 1.80. The molecule has 1 aromatic carbocycles. The molecule has 0 bridgehead atoms. The van der Waals surface area contributed by atoms with E-state index in [1.54, 1.807) is 7.11 Å². The van der Waals surface area contributed by atoms with E-state index in [9.17, 15) is 9.59 Å². The highest BCUT2D eigenvalue weighted by atomic mass is 16.5. The van der Waals surface area contributed by atoms with Crippen LogP contribution in [0.1, 0.15) is 22.3 Å². The van der Waals surface area contributed by atoms with Crippen molar-refractivity contribution in [2.45, 2.75) is 27.3 Å². The molecule has 0 spiro atoms. The Morgan fingerprint density at radius 2 is 2.00 bits per heavy atom. The maximum absolute atomic E-state index is 10.9. The lowest BCUT2D eigenvalue weighted by atomic mass is 9.97. The number of rotatable bonds is 4. The largest absolute Gasteiger partial charge is 0.496 e. The number of methoxy groups -OCH3 is 1. The summed E-state index contributed by atoms with van der Waals surface area (Å²) >= 11 is 0. The van der Waals surface area contributed by atoms with Crippen LogP contribution in [0.5, 0.6) is 5.75 Å². The zero-order chi connectivity index (χ0) is 13.0. The molecule has 0 radical (unpaired) electrons. The highest BCUT2D eigenvalue weighted by molar-refractivity contribution is 6.23. The van der Waals surface area contributed by atoms with Crippen molar-refractivity contribution in [3.8, 4) is 5.75 Å². The summed E-state index contributed by atoms with van der Waals surface area (Å²) in [5, 5.41) is 2.55. The van der Waals surface area contributed by atoms with Crippen molar-refractivity contribution < 1.29 is 14.3 Å². The SMILES string of the molecule is COc1cc(C)c(CNC(=O)C=O)c(C)c1C. The van der Waals surface area contributed by atoms with Crippen LogP contribution < -0.4 is 10.1 Å². The Morgan fingerprint density at radius 1 is 1.35 bits per heavy atom. The second kappa shape index (κ2) is 5.48. The van der Waals surface area contributed by atoms with Gasteiger partial charge in [-0.15, -0.1) is 0 Å². The van der Waals surface area contributed by atoms with Gasteiger partial charge in [0.25, 0.3) is 5.91 Å². The highest BCUT2D eigenvalue weighted by Gasteiger charge is 2.11. The summed E-state index contributed by atoms with van der Waals surface area (Å²) in [6, 6.07) is 1.94. The first-order chi connectivity index (χ1) is 8.01. The van der Waals surface area contributed by atoms with Crippen molar-refractivity contribution in [3.05, 3.63) is 28.3 Å². The summed E-state index contributed by atoms with van der Waals surface area (Å²) in [6.07, 6.45) is 0.279. The lowest BCUT2D eigenvalue weighted by Gasteiger charge is -2.15. The Labute approximate surface area is 101 Å². The highest BCUT2D eigenvalue weighted by Crippen LogP contribution is 2.27. The average molecular weight is 235 g/mol. The van der Waals surface area contributed by atoms with Crippen LogP contribution in [-0.2, 0) is 16.1 Å². The Morgan fingerprint density at radius 3 is 2.53 bits per heavy atom. The van der Waals surface area contributed by atoms with Gasteiger partial charge in [0.15, 0.2) is 0 Å². The van der Waals surface area contributed by atoms with Crippen LogP contribution >= 0.6 is 0 Å². The standard InChI is InChI=1S/C13H17NO3/c1-8-5-12(17-4)10(3)9(2)11(8)6-14-13(16)7-15/h5,7H,6H2,1-4H3,(H,14,16). The van der Waals surface area contributed by atoms with Gasteiger partial charge in [0.1, 0.15) is 5.75 Å². The first kappa shape index (κ1) is 13.2. The molecule has 0 atom stereocenters. The predicted molar refractivity (Wildman–Crippen MR) is 65.1 cm³/mol. The monoisotopic (exact) mass is 235 g/mol. The Bertz CT molecular complexity index is 452. The number of aryl methyl sites for hydroxylation is 1. The van der Waals surface area contributed by atoms with Crippen molar-refractivity contribution in [2.75, 3.05) is 7.11 Å². The van der Waals surface area contributed by atoms with Crippen molar-refractivity contribution >= 4 is 12.2 Å². The third-order valence-electron chi connectivity index (χ3n) is 2.97. The molecule has 0 saturated heterocycles. The van der Waals surface area contributed by atoms with Crippen LogP contribution in [0.3, 0.4) is 0 Å². The Kier molecular flexibility index (Phi) is 4.26. The fraction of sp³-hybridized carbons (Fsp3) is 0.385. The number of ether oxygens (including phenoxy) is 1. The summed E-state index contributed by atoms with van der Waals surface area (Å²) in [7, 11) is 1.63. The summed E-state index contributed by atoms with van der Waals surface area (Å²) in [5.41, 5.74) is 4.19. The minimum Gasteiger partial charge on any atom is -0.496 e. The maximum Gasteiger partial charge on any atom is 0.284 e. The molecule has 0 aromatic heterocycles. The van der Waals surface area contributed by atoms with E-state index in [2.05, 4.69) is 5.32 Å². The van der Waals surface area contributed by atoms with Gasteiger partial charge in [0.05, 0.1) is 7.11 Å². The van der Waals surface area contributed by atoms with Gasteiger partial charge in [-0.25, -0.2) is 0 Å². The number of carbonyl (C=O) groups excluding carboxylic acids is 2. The Balaban J connectivity index is 3.04. The molecule has 0 heterocycles. The smallest absolute Gasteiger partial charge is 0.284 e. The van der Waals surface area contributed by atoms with E-state index in [0.29, 0.717) is 6.54 Å². The van der Waals surface area contributed by atoms with Crippen molar-refractivity contribution in [1.82, 2.24) is 5.32 Å². The van der Waals surface area contributed by atoms with Crippen LogP contribution in [0, 0.1) is 20.8 Å². The number of nitrogens with one attached hydrogen (secondary N) is 1. The van der Waals surface area contributed by atoms with Gasteiger partial charge in [-0.2, -0.15) is 0 Å². The molecule has 1 amide bonds. The first-order valence-corrected chi connectivity index (χ1v) is 5.38. The quantitative estimate of drug-likeness (QED) is 0.634. The average Bonchev–Trinajstić information content (AvgIpc) is 2.33. The van der Waals surface area contributed by atoms with Gasteiger partial charge in [0, 0.05) is 6.54 Å². The maximum atomic E-state index is 10.9. The third kappa shape index (κ3) is 2.84. The van der Waals surface area contributed by atoms with Gasteiger partial charge >= 0.3 is 0 Å². The van der Waals surface area contributed by atoms with Gasteiger partial charge in [-0.1, -0.05) is 0 Å². The molecule has 1 aromatic rings. The Hall–Kier alpha value is -1.84. The summed E-state index contributed by atoms with van der Waals surface area (Å²) < 4.78 is 5.26. The van der Waals surface area contributed by atoms with Crippen LogP contribution in [0.2, 0.25) is 0 Å². The van der Waals surface area contributed by atoms with Crippen molar-refractivity contribution in [3.63, 3.8) is 0 Å². The molecule has 0 aliphatic rings. The lowest BCUT2D eigenvalue weighted by molar-refractivity contribution is -0.131. The number of aldehydes is 1. The number of hydrogen-bond acceptors (Lipinski definition) is 3. The number of amides is 1. The van der Waals surface area contributed by atoms with Gasteiger partial charge in [-0.05, 0) is 49.1 Å². The molecule has 0 saturated carbocycles. The van der Waals surface area contributed by atoms with E-state index in [1.807, 2.05) is 26.8 Å². The number of hydrogen-bond donors (Lipinski definition) is 1. The second-order valence-corrected chi connectivity index (χ2v) is 3.96. The molecule has 17 heavy (non-hydrogen) atoms. The molecule has 4 heteroatoms. The van der Waals surface area contributed by atoms with Gasteiger partial charge in [-0.3, -0.25) is 9.59 Å². The molecular formula is C13H17NO3. The predicted octanol–water partition coefficient (Wildman–Crippen LogP) is 1.44. The van der Waals surface area contributed by atoms with Crippen LogP contribution in [0.15, 0.2) is 6.07 Å². The summed E-state index contributed by atoms with van der Waals surface area (Å²) in [4.78, 5) is 21.1. The molecule has 4 nitrogen and oxygen atoms in total. The van der Waals surface area contributed by atoms with Crippen LogP contribution in [0.4, 0.5) is 0 Å². The van der Waals surface area contributed by atoms with E-state index in [-0.39, 0.29) is 6.29 Å². The zero-order valence-electron chi connectivity index (χ0n) is 10.6. The molecule has 1 rings (SSSR count). The van der Waals surface area contributed by atoms with Gasteiger partial charge < -0.3 is 10.1 Å². The summed E-state index contributed by atoms with van der Waals surface area (Å²) in [6.45, 7) is 6.27. The van der Waals surface area contributed by atoms with Crippen LogP contribution in [-0.4, -0.2) is 19.3 Å². The molecule has 0 unspecified atom stereocenters. The third-order valence-corrected chi connectivity index (χ3v) is 2.97. The first-order valence-electron chi connectivity index (χ1n) is 5.38. The lowest BCUT2D eigenvalue weighted by Crippen LogP contribution is -2.24. The normalized spacial score (nSPS) is 9.88. The molecule has 0 aliphatic heterocycles. The number of benzene rings is 1. The molecule has 92 valence electrons. The van der Waals surface area contributed by atoms with E-state index < -0.39 is 5.91 Å². The minimum absolute atomic E-state index is 0.279. The van der Waals surface area contributed by atoms with E-state index >= 15 is 0 Å². The molecular weight excluding hydrogens is 218 g/mol. The van der Waals surface area contributed by atoms with E-state index in [0.717, 1.165) is 28.0 Å². The molecule has 1 N–H and O–H groups in total. The second-order valence-electron chi connectivity index (χ2n) is 3.96. The number of carbonyl (C=O) groups is 2. The fourth-order valence-corrected chi connectivity index (χ4v) is 1.80. The molecule has 0 fully saturated rings. The van der Waals surface area contributed by atoms with Crippen LogP contribution in [0.25, 0.3) is 0 Å². The zero-order valence-corrected chi connectivity index (χ0v) is 10.6. The topological polar surface area (TPSA) is 55.4 Å². The van der Waals surface area contributed by atoms with Gasteiger partial charge in [0.2, 0.25) is 6.29 Å². The van der Waals surface area contributed by atoms with Crippen molar-refractivity contribution in [2.24, 2.45) is 0 Å². The van der Waals surface area contributed by atoms with E-state index in [1.165, 1.54) is 0 Å². The summed E-state index contributed by atoms with van der Waals surface area (Å²) in [5.74, 6) is 0.239. The minimum atomic E-state index is -0.600. The van der Waals surface area contributed by atoms with Crippen molar-refractivity contribution in [1.29, 1.82) is 0 Å².